The highest BCUT2D eigenvalue weighted by atomic mass is 15.5. The molecule has 0 spiro atoms. The van der Waals surface area contributed by atoms with Gasteiger partial charge >= 0.3 is 0 Å². The number of aryl methyl sites for hydroxylation is 1. The monoisotopic (exact) mass is 314 g/mol. The summed E-state index contributed by atoms with van der Waals surface area (Å²) >= 11 is 0. The number of tetrazole rings is 1. The van der Waals surface area contributed by atoms with Crippen LogP contribution in [0.15, 0.2) is 67.1 Å². The van der Waals surface area contributed by atoms with Gasteiger partial charge < -0.3 is 0 Å². The highest BCUT2D eigenvalue weighted by Crippen LogP contribution is 2.28. The van der Waals surface area contributed by atoms with Gasteiger partial charge in [-0.25, -0.2) is 9.97 Å². The van der Waals surface area contributed by atoms with Crippen molar-refractivity contribution in [3.8, 4) is 28.3 Å². The van der Waals surface area contributed by atoms with Crippen molar-refractivity contribution in [1.82, 2.24) is 30.2 Å². The van der Waals surface area contributed by atoms with E-state index in [1.165, 1.54) is 11.9 Å². The Hall–Kier alpha value is -3.41. The molecule has 0 saturated heterocycles. The average molecular weight is 314 g/mol. The molecule has 0 N–H and O–H groups in total. The van der Waals surface area contributed by atoms with E-state index < -0.39 is 0 Å². The van der Waals surface area contributed by atoms with Gasteiger partial charge in [0.25, 0.3) is 0 Å². The highest BCUT2D eigenvalue weighted by molar-refractivity contribution is 5.77. The van der Waals surface area contributed by atoms with Gasteiger partial charge in [-0.05, 0) is 29.5 Å². The quantitative estimate of drug-likeness (QED) is 0.581. The topological polar surface area (TPSA) is 69.4 Å². The van der Waals surface area contributed by atoms with Gasteiger partial charge in [0.1, 0.15) is 6.33 Å². The third-order valence-corrected chi connectivity index (χ3v) is 3.75. The number of rotatable bonds is 3. The minimum absolute atomic E-state index is 0.610. The maximum Gasteiger partial charge on any atom is 0.190 e. The Kier molecular flexibility index (Phi) is 3.55. The molecule has 0 saturated carbocycles. The van der Waals surface area contributed by atoms with Crippen LogP contribution in [0.4, 0.5) is 0 Å². The van der Waals surface area contributed by atoms with Gasteiger partial charge in [-0.15, -0.1) is 5.10 Å². The van der Waals surface area contributed by atoms with Gasteiger partial charge in [0.2, 0.25) is 0 Å². The number of hydrogen-bond donors (Lipinski definition) is 0. The Balaban J connectivity index is 1.87. The lowest BCUT2D eigenvalue weighted by atomic mass is 10.1. The minimum atomic E-state index is 0.610. The molecule has 0 aliphatic carbocycles. The fourth-order valence-electron chi connectivity index (χ4n) is 2.53. The molecule has 0 atom stereocenters. The van der Waals surface area contributed by atoms with E-state index in [1.54, 1.807) is 10.9 Å². The molecule has 2 aromatic carbocycles. The van der Waals surface area contributed by atoms with Crippen LogP contribution < -0.4 is 0 Å². The molecule has 116 valence electrons. The van der Waals surface area contributed by atoms with E-state index in [9.17, 15) is 0 Å². The zero-order valence-corrected chi connectivity index (χ0v) is 13.0. The molecule has 0 radical (unpaired) electrons. The maximum atomic E-state index is 4.43. The Morgan fingerprint density at radius 1 is 0.917 bits per heavy atom. The summed E-state index contributed by atoms with van der Waals surface area (Å²) in [7, 11) is 0. The van der Waals surface area contributed by atoms with Crippen molar-refractivity contribution >= 4 is 0 Å². The van der Waals surface area contributed by atoms with Crippen molar-refractivity contribution in [2.45, 2.75) is 6.92 Å². The van der Waals surface area contributed by atoms with Crippen LogP contribution in [0.25, 0.3) is 28.3 Å². The molecule has 24 heavy (non-hydrogen) atoms. The molecule has 0 aliphatic rings. The summed E-state index contributed by atoms with van der Waals surface area (Å²) in [5, 5.41) is 12.2. The molecule has 0 aliphatic heterocycles. The second-order valence-corrected chi connectivity index (χ2v) is 5.40. The number of benzene rings is 2. The molecular weight excluding hydrogens is 300 g/mol. The van der Waals surface area contributed by atoms with Crippen molar-refractivity contribution in [3.05, 3.63) is 72.7 Å². The van der Waals surface area contributed by atoms with Crippen LogP contribution in [0.1, 0.15) is 5.56 Å². The first-order valence-corrected chi connectivity index (χ1v) is 7.54. The zero-order chi connectivity index (χ0) is 16.4. The molecular formula is C18H14N6. The van der Waals surface area contributed by atoms with Crippen molar-refractivity contribution in [2.24, 2.45) is 0 Å². The van der Waals surface area contributed by atoms with E-state index in [1.807, 2.05) is 61.5 Å². The van der Waals surface area contributed by atoms with Gasteiger partial charge in [0.15, 0.2) is 5.82 Å². The second kappa shape index (κ2) is 6.00. The molecule has 0 bridgehead atoms. The number of hydrogen-bond acceptors (Lipinski definition) is 5. The predicted molar refractivity (Wildman–Crippen MR) is 90.4 cm³/mol. The lowest BCUT2D eigenvalue weighted by Crippen LogP contribution is -2.02. The second-order valence-electron chi connectivity index (χ2n) is 5.40. The summed E-state index contributed by atoms with van der Waals surface area (Å²) in [6.45, 7) is 2.04. The van der Waals surface area contributed by atoms with Crippen molar-refractivity contribution in [3.63, 3.8) is 0 Å². The van der Waals surface area contributed by atoms with Gasteiger partial charge in [-0.2, -0.15) is 4.68 Å². The summed E-state index contributed by atoms with van der Waals surface area (Å²) in [5.41, 5.74) is 4.65. The standard InChI is InChI=1S/C18H14N6/c1-13-7-9-15(10-8-13)24-18(21-22-23-24)16-11-19-12-20-17(16)14-5-3-2-4-6-14/h2-12H,1H3. The predicted octanol–water partition coefficient (Wildman–Crippen LogP) is 3.09. The molecule has 0 amide bonds. The van der Waals surface area contributed by atoms with Crippen molar-refractivity contribution in [1.29, 1.82) is 0 Å². The molecule has 4 rings (SSSR count). The van der Waals surface area contributed by atoms with Crippen LogP contribution in [0.2, 0.25) is 0 Å². The summed E-state index contributed by atoms with van der Waals surface area (Å²) in [5.74, 6) is 0.610. The normalized spacial score (nSPS) is 10.7. The summed E-state index contributed by atoms with van der Waals surface area (Å²) in [4.78, 5) is 8.59. The van der Waals surface area contributed by atoms with E-state index in [0.717, 1.165) is 22.5 Å². The minimum Gasteiger partial charge on any atom is -0.244 e. The lowest BCUT2D eigenvalue weighted by Gasteiger charge is -2.08. The fourth-order valence-corrected chi connectivity index (χ4v) is 2.53. The molecule has 6 heteroatoms. The molecule has 6 nitrogen and oxygen atoms in total. The van der Waals surface area contributed by atoms with Crippen LogP contribution in [0.3, 0.4) is 0 Å². The van der Waals surface area contributed by atoms with Crippen LogP contribution in [0.5, 0.6) is 0 Å². The summed E-state index contributed by atoms with van der Waals surface area (Å²) in [6.07, 6.45) is 3.28. The third-order valence-electron chi connectivity index (χ3n) is 3.75. The molecule has 2 aromatic heterocycles. The summed E-state index contributed by atoms with van der Waals surface area (Å²) in [6, 6.07) is 18.0. The van der Waals surface area contributed by atoms with Crippen LogP contribution >= 0.6 is 0 Å². The van der Waals surface area contributed by atoms with Gasteiger partial charge in [0.05, 0.1) is 16.9 Å². The Bertz CT molecular complexity index is 960. The van der Waals surface area contributed by atoms with Crippen molar-refractivity contribution in [2.75, 3.05) is 0 Å². The first-order chi connectivity index (χ1) is 11.8. The third kappa shape index (κ3) is 2.54. The Labute approximate surface area is 138 Å². The Morgan fingerprint density at radius 3 is 2.50 bits per heavy atom. The van der Waals surface area contributed by atoms with E-state index >= 15 is 0 Å². The molecule has 0 fully saturated rings. The maximum absolute atomic E-state index is 4.43. The van der Waals surface area contributed by atoms with Crippen molar-refractivity contribution < 1.29 is 0 Å². The first kappa shape index (κ1) is 14.2. The van der Waals surface area contributed by atoms with Gasteiger partial charge in [0, 0.05) is 11.8 Å². The number of nitrogens with zero attached hydrogens (tertiary/aromatic N) is 6. The highest BCUT2D eigenvalue weighted by Gasteiger charge is 2.16. The van der Waals surface area contributed by atoms with E-state index in [-0.39, 0.29) is 0 Å². The largest absolute Gasteiger partial charge is 0.244 e. The van der Waals surface area contributed by atoms with Crippen LogP contribution in [0, 0.1) is 6.92 Å². The Morgan fingerprint density at radius 2 is 1.71 bits per heavy atom. The SMILES string of the molecule is Cc1ccc(-n2nnnc2-c2cncnc2-c2ccccc2)cc1. The zero-order valence-electron chi connectivity index (χ0n) is 13.0. The average Bonchev–Trinajstić information content (AvgIpc) is 3.13. The summed E-state index contributed by atoms with van der Waals surface area (Å²) < 4.78 is 1.70. The van der Waals surface area contributed by atoms with E-state index in [2.05, 4.69) is 25.5 Å². The first-order valence-electron chi connectivity index (χ1n) is 7.54. The smallest absolute Gasteiger partial charge is 0.190 e. The van der Waals surface area contributed by atoms with E-state index in [4.69, 9.17) is 0 Å². The van der Waals surface area contributed by atoms with E-state index in [0.29, 0.717) is 5.82 Å². The van der Waals surface area contributed by atoms with Crippen LogP contribution in [-0.4, -0.2) is 30.2 Å². The molecule has 4 aromatic rings. The fraction of sp³-hybridized carbons (Fsp3) is 0.0556. The number of aromatic nitrogens is 6. The molecule has 2 heterocycles. The van der Waals surface area contributed by atoms with Gasteiger partial charge in [-0.1, -0.05) is 48.0 Å². The van der Waals surface area contributed by atoms with Gasteiger partial charge in [-0.3, -0.25) is 0 Å². The van der Waals surface area contributed by atoms with Crippen LogP contribution in [-0.2, 0) is 0 Å². The molecule has 0 unspecified atom stereocenters. The lowest BCUT2D eigenvalue weighted by molar-refractivity contribution is 0.791.